The Morgan fingerprint density at radius 3 is 2.21 bits per heavy atom. The normalized spacial score (nSPS) is 11.8. The largest absolute Gasteiger partial charge is 0.457 e. The minimum absolute atomic E-state index is 0.497. The predicted molar refractivity (Wildman–Crippen MR) is 69.8 cm³/mol. The van der Waals surface area contributed by atoms with Crippen LogP contribution in [-0.4, -0.2) is 16.6 Å². The van der Waals surface area contributed by atoms with E-state index in [1.165, 1.54) is 0 Å². The van der Waals surface area contributed by atoms with Crippen molar-refractivity contribution in [2.45, 2.75) is 6.10 Å². The molecular formula is C14H13NO4. The van der Waals surface area contributed by atoms with Gasteiger partial charge in [0, 0.05) is 4.92 Å². The van der Waals surface area contributed by atoms with E-state index < -0.39 is 17.6 Å². The maximum atomic E-state index is 10.3. The molecule has 1 N–H and O–H groups in total. The molecule has 0 aliphatic carbocycles. The topological polar surface area (TPSA) is 72.6 Å². The molecule has 98 valence electrons. The molecule has 0 amide bonds. The summed E-state index contributed by atoms with van der Waals surface area (Å²) >= 11 is 0. The highest BCUT2D eigenvalue weighted by molar-refractivity contribution is 5.33. The van der Waals surface area contributed by atoms with Crippen molar-refractivity contribution < 1.29 is 14.8 Å². The molecule has 5 nitrogen and oxygen atoms in total. The van der Waals surface area contributed by atoms with Crippen LogP contribution in [0.3, 0.4) is 0 Å². The van der Waals surface area contributed by atoms with Gasteiger partial charge >= 0.3 is 0 Å². The fraction of sp³-hybridized carbons (Fsp3) is 0.143. The maximum Gasteiger partial charge on any atom is 0.233 e. The molecule has 2 aromatic carbocycles. The molecule has 0 fully saturated rings. The third-order valence-corrected chi connectivity index (χ3v) is 2.57. The zero-order chi connectivity index (χ0) is 13.7. The number of hydrogen-bond acceptors (Lipinski definition) is 4. The van der Waals surface area contributed by atoms with E-state index in [0.717, 1.165) is 0 Å². The van der Waals surface area contributed by atoms with Crippen LogP contribution in [0, 0.1) is 10.1 Å². The van der Waals surface area contributed by atoms with Crippen LogP contribution in [-0.2, 0) is 0 Å². The lowest BCUT2D eigenvalue weighted by atomic mass is 10.1. The van der Waals surface area contributed by atoms with Crippen LogP contribution in [0.25, 0.3) is 0 Å². The number of aliphatic hydroxyl groups is 1. The molecule has 5 heteroatoms. The van der Waals surface area contributed by atoms with E-state index in [2.05, 4.69) is 0 Å². The molecule has 2 aromatic rings. The average molecular weight is 259 g/mol. The van der Waals surface area contributed by atoms with Gasteiger partial charge < -0.3 is 9.84 Å². The van der Waals surface area contributed by atoms with E-state index in [-0.39, 0.29) is 0 Å². The lowest BCUT2D eigenvalue weighted by Crippen LogP contribution is -2.11. The second kappa shape index (κ2) is 5.97. The van der Waals surface area contributed by atoms with Crippen LogP contribution >= 0.6 is 0 Å². The number of nitrogens with zero attached hydrogens (tertiary/aromatic N) is 1. The monoisotopic (exact) mass is 259 g/mol. The molecule has 0 spiro atoms. The minimum Gasteiger partial charge on any atom is -0.457 e. The summed E-state index contributed by atoms with van der Waals surface area (Å²) in [6, 6.07) is 15.9. The second-order valence-corrected chi connectivity index (χ2v) is 4.02. The fourth-order valence-electron chi connectivity index (χ4n) is 1.63. The summed E-state index contributed by atoms with van der Waals surface area (Å²) < 4.78 is 5.58. The minimum atomic E-state index is -1.10. The molecule has 0 aliphatic heterocycles. The SMILES string of the molecule is O=[N+]([O-])CC(O)c1ccc(Oc2ccccc2)cc1. The van der Waals surface area contributed by atoms with Crippen LogP contribution < -0.4 is 4.74 Å². The third-order valence-electron chi connectivity index (χ3n) is 2.57. The first-order valence-electron chi connectivity index (χ1n) is 5.78. The Morgan fingerprint density at radius 1 is 1.05 bits per heavy atom. The van der Waals surface area contributed by atoms with Crippen LogP contribution in [0.15, 0.2) is 54.6 Å². The van der Waals surface area contributed by atoms with Crippen molar-refractivity contribution >= 4 is 0 Å². The van der Waals surface area contributed by atoms with Gasteiger partial charge in [-0.15, -0.1) is 0 Å². The van der Waals surface area contributed by atoms with Gasteiger partial charge in [-0.1, -0.05) is 30.3 Å². The smallest absolute Gasteiger partial charge is 0.233 e. The zero-order valence-electron chi connectivity index (χ0n) is 10.1. The van der Waals surface area contributed by atoms with Crippen molar-refractivity contribution in [3.8, 4) is 11.5 Å². The van der Waals surface area contributed by atoms with Gasteiger partial charge in [-0.3, -0.25) is 10.1 Å². The Morgan fingerprint density at radius 2 is 1.63 bits per heavy atom. The highest BCUT2D eigenvalue weighted by atomic mass is 16.6. The van der Waals surface area contributed by atoms with E-state index in [1.807, 2.05) is 30.3 Å². The first-order chi connectivity index (χ1) is 9.15. The van der Waals surface area contributed by atoms with Crippen LogP contribution in [0.2, 0.25) is 0 Å². The summed E-state index contributed by atoms with van der Waals surface area (Å²) in [4.78, 5) is 9.77. The summed E-state index contributed by atoms with van der Waals surface area (Å²) in [5, 5.41) is 19.9. The van der Waals surface area contributed by atoms with Crippen LogP contribution in [0.4, 0.5) is 0 Å². The van der Waals surface area contributed by atoms with Crippen molar-refractivity contribution in [3.05, 3.63) is 70.3 Å². The van der Waals surface area contributed by atoms with E-state index >= 15 is 0 Å². The molecule has 0 radical (unpaired) electrons. The van der Waals surface area contributed by atoms with Gasteiger partial charge in [0.1, 0.15) is 17.6 Å². The van der Waals surface area contributed by atoms with E-state index in [9.17, 15) is 15.2 Å². The number of aliphatic hydroxyl groups excluding tert-OH is 1. The van der Waals surface area contributed by atoms with Gasteiger partial charge in [-0.2, -0.15) is 0 Å². The Labute approximate surface area is 110 Å². The fourth-order valence-corrected chi connectivity index (χ4v) is 1.63. The average Bonchev–Trinajstić information content (AvgIpc) is 2.40. The van der Waals surface area contributed by atoms with Crippen molar-refractivity contribution in [1.29, 1.82) is 0 Å². The molecule has 1 unspecified atom stereocenters. The molecular weight excluding hydrogens is 246 g/mol. The second-order valence-electron chi connectivity index (χ2n) is 4.02. The third kappa shape index (κ3) is 3.79. The van der Waals surface area contributed by atoms with Crippen molar-refractivity contribution in [3.63, 3.8) is 0 Å². The van der Waals surface area contributed by atoms with E-state index in [1.54, 1.807) is 24.3 Å². The summed E-state index contributed by atoms with van der Waals surface area (Å²) in [6.45, 7) is -0.501. The van der Waals surface area contributed by atoms with Crippen molar-refractivity contribution in [2.24, 2.45) is 0 Å². The van der Waals surface area contributed by atoms with Gasteiger partial charge in [0.05, 0.1) is 0 Å². The van der Waals surface area contributed by atoms with Gasteiger partial charge in [-0.05, 0) is 29.8 Å². The number of para-hydroxylation sites is 1. The molecule has 0 saturated carbocycles. The highest BCUT2D eigenvalue weighted by Gasteiger charge is 2.13. The first-order valence-corrected chi connectivity index (χ1v) is 5.78. The Bertz CT molecular complexity index is 539. The van der Waals surface area contributed by atoms with Gasteiger partial charge in [0.2, 0.25) is 6.54 Å². The summed E-state index contributed by atoms with van der Waals surface area (Å²) in [5.74, 6) is 1.32. The zero-order valence-corrected chi connectivity index (χ0v) is 10.1. The summed E-state index contributed by atoms with van der Waals surface area (Å²) in [7, 11) is 0. The molecule has 0 bridgehead atoms. The maximum absolute atomic E-state index is 10.3. The Hall–Kier alpha value is -2.40. The van der Waals surface area contributed by atoms with Gasteiger partial charge in [-0.25, -0.2) is 0 Å². The molecule has 2 rings (SSSR count). The lowest BCUT2D eigenvalue weighted by molar-refractivity contribution is -0.491. The van der Waals surface area contributed by atoms with Crippen LogP contribution in [0.5, 0.6) is 11.5 Å². The number of ether oxygens (including phenoxy) is 1. The number of rotatable bonds is 5. The molecule has 0 saturated heterocycles. The molecule has 1 atom stereocenters. The highest BCUT2D eigenvalue weighted by Crippen LogP contribution is 2.23. The molecule has 0 aliphatic rings. The predicted octanol–water partition coefficient (Wildman–Crippen LogP) is 2.79. The van der Waals surface area contributed by atoms with Gasteiger partial charge in [0.15, 0.2) is 0 Å². The van der Waals surface area contributed by atoms with Crippen LogP contribution in [0.1, 0.15) is 11.7 Å². The quantitative estimate of drug-likeness (QED) is 0.662. The van der Waals surface area contributed by atoms with Crippen molar-refractivity contribution in [1.82, 2.24) is 0 Å². The molecule has 0 heterocycles. The standard InChI is InChI=1S/C14H13NO4/c16-14(10-15(17)18)11-6-8-13(9-7-11)19-12-4-2-1-3-5-12/h1-9,14,16H,10H2. The number of benzene rings is 2. The first kappa shape index (κ1) is 13.0. The summed E-state index contributed by atoms with van der Waals surface area (Å²) in [6.07, 6.45) is -1.10. The Balaban J connectivity index is 2.04. The number of hydrogen-bond donors (Lipinski definition) is 1. The van der Waals surface area contributed by atoms with Crippen molar-refractivity contribution in [2.75, 3.05) is 6.54 Å². The lowest BCUT2D eigenvalue weighted by Gasteiger charge is -2.08. The van der Waals surface area contributed by atoms with Gasteiger partial charge in [0.25, 0.3) is 0 Å². The molecule has 0 aromatic heterocycles. The Kier molecular flexibility index (Phi) is 4.10. The van der Waals surface area contributed by atoms with E-state index in [0.29, 0.717) is 17.1 Å². The number of nitro groups is 1. The van der Waals surface area contributed by atoms with E-state index in [4.69, 9.17) is 4.74 Å². The molecule has 19 heavy (non-hydrogen) atoms. The summed E-state index contributed by atoms with van der Waals surface area (Å²) in [5.41, 5.74) is 0.497.